The molecule has 0 atom stereocenters. The van der Waals surface area contributed by atoms with E-state index >= 15 is 0 Å². The SMILES string of the molecule is COCCn1nc2cnccc2c1Br. The summed E-state index contributed by atoms with van der Waals surface area (Å²) in [6.07, 6.45) is 3.51. The van der Waals surface area contributed by atoms with Crippen LogP contribution in [0.1, 0.15) is 0 Å². The van der Waals surface area contributed by atoms with Gasteiger partial charge in [-0.05, 0) is 22.0 Å². The van der Waals surface area contributed by atoms with E-state index in [1.807, 2.05) is 10.7 Å². The summed E-state index contributed by atoms with van der Waals surface area (Å²) in [4.78, 5) is 4.02. The largest absolute Gasteiger partial charge is 0.383 e. The number of hydrogen-bond acceptors (Lipinski definition) is 3. The van der Waals surface area contributed by atoms with Crippen LogP contribution in [0, 0.1) is 0 Å². The summed E-state index contributed by atoms with van der Waals surface area (Å²) < 4.78 is 7.85. The number of aromatic nitrogens is 3. The summed E-state index contributed by atoms with van der Waals surface area (Å²) >= 11 is 3.50. The van der Waals surface area contributed by atoms with E-state index in [2.05, 4.69) is 26.0 Å². The minimum Gasteiger partial charge on any atom is -0.383 e. The van der Waals surface area contributed by atoms with Crippen LogP contribution in [0.3, 0.4) is 0 Å². The zero-order chi connectivity index (χ0) is 9.97. The molecule has 5 heteroatoms. The van der Waals surface area contributed by atoms with Crippen LogP contribution in [0.5, 0.6) is 0 Å². The molecule has 0 aliphatic carbocycles. The van der Waals surface area contributed by atoms with Gasteiger partial charge in [0.1, 0.15) is 10.1 Å². The molecule has 2 aromatic heterocycles. The third-order valence-electron chi connectivity index (χ3n) is 1.98. The van der Waals surface area contributed by atoms with Crippen molar-refractivity contribution in [3.63, 3.8) is 0 Å². The van der Waals surface area contributed by atoms with Gasteiger partial charge in [0.15, 0.2) is 0 Å². The van der Waals surface area contributed by atoms with Gasteiger partial charge in [-0.25, -0.2) is 0 Å². The van der Waals surface area contributed by atoms with Crippen LogP contribution in [-0.2, 0) is 11.3 Å². The smallest absolute Gasteiger partial charge is 0.112 e. The maximum Gasteiger partial charge on any atom is 0.112 e. The zero-order valence-electron chi connectivity index (χ0n) is 7.77. The molecule has 0 unspecified atom stereocenters. The summed E-state index contributed by atoms with van der Waals surface area (Å²) in [5.41, 5.74) is 0.899. The van der Waals surface area contributed by atoms with Crippen LogP contribution in [0.25, 0.3) is 10.9 Å². The number of nitrogens with zero attached hydrogens (tertiary/aromatic N) is 3. The number of rotatable bonds is 3. The number of halogens is 1. The highest BCUT2D eigenvalue weighted by Gasteiger charge is 2.07. The Labute approximate surface area is 90.0 Å². The molecule has 4 nitrogen and oxygen atoms in total. The molecule has 0 fully saturated rings. The lowest BCUT2D eigenvalue weighted by Crippen LogP contribution is -2.05. The molecule has 0 aliphatic rings. The average molecular weight is 256 g/mol. The quantitative estimate of drug-likeness (QED) is 0.841. The van der Waals surface area contributed by atoms with Gasteiger partial charge in [-0.3, -0.25) is 9.67 Å². The lowest BCUT2D eigenvalue weighted by molar-refractivity contribution is 0.183. The first-order valence-corrected chi connectivity index (χ1v) is 5.07. The van der Waals surface area contributed by atoms with Crippen molar-refractivity contribution in [2.24, 2.45) is 0 Å². The van der Waals surface area contributed by atoms with E-state index in [4.69, 9.17) is 4.74 Å². The van der Waals surface area contributed by atoms with Gasteiger partial charge in [-0.2, -0.15) is 5.10 Å². The standard InChI is InChI=1S/C9H10BrN3O/c1-14-5-4-13-9(10)7-2-3-11-6-8(7)12-13/h2-3,6H,4-5H2,1H3. The molecule has 0 aliphatic heterocycles. The molecule has 2 heterocycles. The van der Waals surface area contributed by atoms with Crippen molar-refractivity contribution < 1.29 is 4.74 Å². The molecular formula is C9H10BrN3O. The molecule has 0 spiro atoms. The third-order valence-corrected chi connectivity index (χ3v) is 2.82. The lowest BCUT2D eigenvalue weighted by Gasteiger charge is -2.00. The fraction of sp³-hybridized carbons (Fsp3) is 0.333. The van der Waals surface area contributed by atoms with Crippen LogP contribution in [0.2, 0.25) is 0 Å². The first-order valence-electron chi connectivity index (χ1n) is 4.28. The van der Waals surface area contributed by atoms with Crippen molar-refractivity contribution in [3.8, 4) is 0 Å². The fourth-order valence-corrected chi connectivity index (χ4v) is 1.87. The Hall–Kier alpha value is -0.940. The maximum atomic E-state index is 5.00. The van der Waals surface area contributed by atoms with Gasteiger partial charge >= 0.3 is 0 Å². The molecule has 0 N–H and O–H groups in total. The van der Waals surface area contributed by atoms with Crippen molar-refractivity contribution in [2.45, 2.75) is 6.54 Å². The van der Waals surface area contributed by atoms with Gasteiger partial charge in [-0.1, -0.05) is 0 Å². The van der Waals surface area contributed by atoms with Crippen LogP contribution in [0.15, 0.2) is 23.1 Å². The Morgan fingerprint density at radius 2 is 2.43 bits per heavy atom. The van der Waals surface area contributed by atoms with Gasteiger partial charge in [0.05, 0.1) is 19.3 Å². The van der Waals surface area contributed by atoms with E-state index in [9.17, 15) is 0 Å². The van der Waals surface area contributed by atoms with Crippen molar-refractivity contribution >= 4 is 26.8 Å². The predicted molar refractivity (Wildman–Crippen MR) is 57.1 cm³/mol. The van der Waals surface area contributed by atoms with Gasteiger partial charge < -0.3 is 4.74 Å². The van der Waals surface area contributed by atoms with E-state index in [1.54, 1.807) is 19.5 Å². The van der Waals surface area contributed by atoms with Gasteiger partial charge in [-0.15, -0.1) is 0 Å². The first kappa shape index (κ1) is 9.61. The highest BCUT2D eigenvalue weighted by molar-refractivity contribution is 9.10. The Bertz CT molecular complexity index is 441. The summed E-state index contributed by atoms with van der Waals surface area (Å²) in [6.45, 7) is 1.39. The first-order chi connectivity index (χ1) is 6.83. The molecular weight excluding hydrogens is 246 g/mol. The summed E-state index contributed by atoms with van der Waals surface area (Å²) in [7, 11) is 1.68. The lowest BCUT2D eigenvalue weighted by atomic mass is 10.3. The van der Waals surface area contributed by atoms with Crippen molar-refractivity contribution in [3.05, 3.63) is 23.1 Å². The van der Waals surface area contributed by atoms with E-state index in [0.717, 1.165) is 22.1 Å². The number of fused-ring (bicyclic) bond motifs is 1. The Kier molecular flexibility index (Phi) is 2.79. The molecule has 14 heavy (non-hydrogen) atoms. The van der Waals surface area contributed by atoms with E-state index in [1.165, 1.54) is 0 Å². The monoisotopic (exact) mass is 255 g/mol. The molecule has 74 valence electrons. The second kappa shape index (κ2) is 4.06. The van der Waals surface area contributed by atoms with Gasteiger partial charge in [0.2, 0.25) is 0 Å². The van der Waals surface area contributed by atoms with E-state index < -0.39 is 0 Å². The minimum absolute atomic E-state index is 0.653. The maximum absolute atomic E-state index is 5.00. The molecule has 0 saturated carbocycles. The topological polar surface area (TPSA) is 39.9 Å². The number of ether oxygens (including phenoxy) is 1. The second-order valence-corrected chi connectivity index (χ2v) is 3.65. The van der Waals surface area contributed by atoms with Crippen molar-refractivity contribution in [2.75, 3.05) is 13.7 Å². The summed E-state index contributed by atoms with van der Waals surface area (Å²) in [5.74, 6) is 0. The van der Waals surface area contributed by atoms with Crippen LogP contribution >= 0.6 is 15.9 Å². The highest BCUT2D eigenvalue weighted by Crippen LogP contribution is 2.22. The summed E-state index contributed by atoms with van der Waals surface area (Å²) in [5, 5.41) is 5.46. The second-order valence-electron chi connectivity index (χ2n) is 2.90. The predicted octanol–water partition coefficient (Wildman–Crippen LogP) is 1.84. The van der Waals surface area contributed by atoms with Crippen molar-refractivity contribution in [1.29, 1.82) is 0 Å². The molecule has 0 radical (unpaired) electrons. The molecule has 0 aromatic carbocycles. The normalized spacial score (nSPS) is 11.0. The number of methoxy groups -OCH3 is 1. The van der Waals surface area contributed by atoms with E-state index in [0.29, 0.717) is 6.61 Å². The Balaban J connectivity index is 2.41. The molecule has 2 aromatic rings. The Morgan fingerprint density at radius 3 is 3.14 bits per heavy atom. The molecule has 0 bridgehead atoms. The average Bonchev–Trinajstić information content (AvgIpc) is 2.54. The minimum atomic E-state index is 0.653. The van der Waals surface area contributed by atoms with Crippen LogP contribution in [0.4, 0.5) is 0 Å². The molecule has 2 rings (SSSR count). The Morgan fingerprint density at radius 1 is 1.57 bits per heavy atom. The van der Waals surface area contributed by atoms with Gasteiger partial charge in [0, 0.05) is 18.7 Å². The van der Waals surface area contributed by atoms with Crippen LogP contribution < -0.4 is 0 Å². The highest BCUT2D eigenvalue weighted by atomic mass is 79.9. The molecule has 0 saturated heterocycles. The third kappa shape index (κ3) is 1.65. The van der Waals surface area contributed by atoms with E-state index in [-0.39, 0.29) is 0 Å². The van der Waals surface area contributed by atoms with Crippen molar-refractivity contribution in [1.82, 2.24) is 14.8 Å². The van der Waals surface area contributed by atoms with Crippen LogP contribution in [-0.4, -0.2) is 28.5 Å². The number of hydrogen-bond donors (Lipinski definition) is 0. The number of pyridine rings is 1. The van der Waals surface area contributed by atoms with Gasteiger partial charge in [0.25, 0.3) is 0 Å². The summed E-state index contributed by atoms with van der Waals surface area (Å²) in [6, 6.07) is 1.94. The zero-order valence-corrected chi connectivity index (χ0v) is 9.36. The molecule has 0 amide bonds. The fourth-order valence-electron chi connectivity index (χ4n) is 1.28.